The Labute approximate surface area is 244 Å². The SMILES string of the molecule is C[C@@H](C1CC1)N(Cc1ccccc1)C(=O)CN1C(=O)OC2(CCc3cc(N(C)c4ccc(C(=O)O)cc4)ccc32)C1=O. The van der Waals surface area contributed by atoms with Gasteiger partial charge in [0.25, 0.3) is 5.91 Å². The lowest BCUT2D eigenvalue weighted by Crippen LogP contribution is -2.47. The molecule has 3 aliphatic rings. The summed E-state index contributed by atoms with van der Waals surface area (Å²) in [5, 5.41) is 9.18. The molecule has 1 saturated carbocycles. The average molecular weight is 568 g/mol. The molecule has 216 valence electrons. The number of amides is 3. The van der Waals surface area contributed by atoms with E-state index in [2.05, 4.69) is 0 Å². The normalized spacial score (nSPS) is 19.9. The molecule has 3 amide bonds. The van der Waals surface area contributed by atoms with Crippen molar-refractivity contribution >= 4 is 35.3 Å². The summed E-state index contributed by atoms with van der Waals surface area (Å²) < 4.78 is 5.80. The van der Waals surface area contributed by atoms with Crippen molar-refractivity contribution in [2.45, 2.75) is 50.8 Å². The number of benzene rings is 3. The third-order valence-corrected chi connectivity index (χ3v) is 8.84. The van der Waals surface area contributed by atoms with Crippen molar-refractivity contribution < 1.29 is 29.0 Å². The van der Waals surface area contributed by atoms with Crippen LogP contribution in [-0.4, -0.2) is 58.4 Å². The second-order valence-corrected chi connectivity index (χ2v) is 11.4. The fourth-order valence-corrected chi connectivity index (χ4v) is 6.12. The van der Waals surface area contributed by atoms with Crippen molar-refractivity contribution in [3.8, 4) is 0 Å². The predicted molar refractivity (Wildman–Crippen MR) is 155 cm³/mol. The van der Waals surface area contributed by atoms with Gasteiger partial charge in [0.05, 0.1) is 5.56 Å². The maximum atomic E-state index is 13.8. The molecule has 1 aliphatic heterocycles. The summed E-state index contributed by atoms with van der Waals surface area (Å²) in [6.45, 7) is 2.09. The van der Waals surface area contributed by atoms with Crippen LogP contribution in [0.15, 0.2) is 72.8 Å². The van der Waals surface area contributed by atoms with Gasteiger partial charge in [-0.25, -0.2) is 14.5 Å². The largest absolute Gasteiger partial charge is 0.478 e. The first-order valence-electron chi connectivity index (χ1n) is 14.3. The second-order valence-electron chi connectivity index (χ2n) is 11.4. The van der Waals surface area contributed by atoms with Crippen molar-refractivity contribution in [2.75, 3.05) is 18.5 Å². The van der Waals surface area contributed by atoms with Gasteiger partial charge in [0.15, 0.2) is 0 Å². The molecule has 2 aliphatic carbocycles. The highest BCUT2D eigenvalue weighted by molar-refractivity contribution is 6.06. The minimum atomic E-state index is -1.43. The van der Waals surface area contributed by atoms with Gasteiger partial charge in [-0.15, -0.1) is 0 Å². The highest BCUT2D eigenvalue weighted by atomic mass is 16.6. The maximum Gasteiger partial charge on any atom is 0.418 e. The summed E-state index contributed by atoms with van der Waals surface area (Å²) in [7, 11) is 1.88. The third-order valence-electron chi connectivity index (χ3n) is 8.84. The number of carbonyl (C=O) groups is 4. The molecule has 1 heterocycles. The van der Waals surface area contributed by atoms with E-state index in [9.17, 15) is 24.3 Å². The number of anilines is 2. The zero-order valence-electron chi connectivity index (χ0n) is 23.7. The standard InChI is InChI=1S/C33H33N3O6/c1-21(23-8-9-23)35(19-22-6-4-3-5-7-22)29(37)20-36-31(40)33(42-32(36)41)17-16-25-18-27(14-15-28(25)33)34(2)26-12-10-24(11-13-26)30(38)39/h3-7,10-15,18,21,23H,8-9,16-17,19-20H2,1-2H3,(H,38,39)/t21-,33?/m0/s1. The minimum Gasteiger partial charge on any atom is -0.478 e. The molecule has 0 radical (unpaired) electrons. The van der Waals surface area contributed by atoms with E-state index in [1.807, 2.05) is 67.4 Å². The number of aromatic carboxylic acids is 1. The maximum absolute atomic E-state index is 13.8. The van der Waals surface area contributed by atoms with E-state index in [1.165, 1.54) is 0 Å². The summed E-state index contributed by atoms with van der Waals surface area (Å²) in [6, 6.07) is 21.9. The van der Waals surface area contributed by atoms with Gasteiger partial charge in [-0.05, 0) is 79.6 Å². The number of hydrogen-bond acceptors (Lipinski definition) is 6. The van der Waals surface area contributed by atoms with Crippen LogP contribution in [0.4, 0.5) is 16.2 Å². The van der Waals surface area contributed by atoms with Crippen LogP contribution in [0.25, 0.3) is 0 Å². The molecule has 0 aromatic heterocycles. The third kappa shape index (κ3) is 4.89. The van der Waals surface area contributed by atoms with Gasteiger partial charge in [-0.3, -0.25) is 9.59 Å². The molecule has 1 saturated heterocycles. The van der Waals surface area contributed by atoms with E-state index in [4.69, 9.17) is 4.74 Å². The first-order chi connectivity index (χ1) is 20.2. The Kier molecular flexibility index (Phi) is 6.96. The lowest BCUT2D eigenvalue weighted by atomic mass is 9.94. The zero-order chi connectivity index (χ0) is 29.6. The zero-order valence-corrected chi connectivity index (χ0v) is 23.7. The van der Waals surface area contributed by atoms with Crippen LogP contribution in [0.3, 0.4) is 0 Å². The van der Waals surface area contributed by atoms with Gasteiger partial charge in [0, 0.05) is 43.0 Å². The summed E-state index contributed by atoms with van der Waals surface area (Å²) in [4.78, 5) is 56.4. The van der Waals surface area contributed by atoms with Gasteiger partial charge in [-0.1, -0.05) is 36.4 Å². The molecular weight excluding hydrogens is 534 g/mol. The first-order valence-corrected chi connectivity index (χ1v) is 14.3. The smallest absolute Gasteiger partial charge is 0.418 e. The number of hydrogen-bond donors (Lipinski definition) is 1. The molecule has 1 N–H and O–H groups in total. The minimum absolute atomic E-state index is 0.00309. The summed E-state index contributed by atoms with van der Waals surface area (Å²) in [5.41, 5.74) is 2.96. The molecule has 2 fully saturated rings. The van der Waals surface area contributed by atoms with Crippen LogP contribution in [0.1, 0.15) is 53.2 Å². The lowest BCUT2D eigenvalue weighted by Gasteiger charge is -2.30. The van der Waals surface area contributed by atoms with E-state index in [-0.39, 0.29) is 24.1 Å². The summed E-state index contributed by atoms with van der Waals surface area (Å²) in [6.07, 6.45) is 2.18. The number of carboxylic acids is 1. The second kappa shape index (κ2) is 10.6. The van der Waals surface area contributed by atoms with Crippen molar-refractivity contribution in [3.63, 3.8) is 0 Å². The van der Waals surface area contributed by atoms with Crippen LogP contribution in [-0.2, 0) is 32.9 Å². The Morgan fingerprint density at radius 2 is 1.71 bits per heavy atom. The highest BCUT2D eigenvalue weighted by Gasteiger charge is 2.58. The van der Waals surface area contributed by atoms with Crippen molar-refractivity contribution in [3.05, 3.63) is 95.1 Å². The van der Waals surface area contributed by atoms with Crippen LogP contribution in [0.2, 0.25) is 0 Å². The predicted octanol–water partition coefficient (Wildman–Crippen LogP) is 5.10. The number of aryl methyl sites for hydroxylation is 1. The number of imide groups is 1. The molecule has 2 atom stereocenters. The Balaban J connectivity index is 1.20. The Morgan fingerprint density at radius 3 is 2.38 bits per heavy atom. The Morgan fingerprint density at radius 1 is 1.02 bits per heavy atom. The molecular formula is C33H33N3O6. The molecule has 9 nitrogen and oxygen atoms in total. The summed E-state index contributed by atoms with van der Waals surface area (Å²) >= 11 is 0. The molecule has 0 bridgehead atoms. The quantitative estimate of drug-likeness (QED) is 0.383. The number of ether oxygens (including phenoxy) is 1. The fourth-order valence-electron chi connectivity index (χ4n) is 6.12. The van der Waals surface area contributed by atoms with Crippen molar-refractivity contribution in [1.82, 2.24) is 9.80 Å². The first kappa shape index (κ1) is 27.5. The number of nitrogens with zero attached hydrogens (tertiary/aromatic N) is 3. The number of fused-ring (bicyclic) bond motifs is 2. The number of carboxylic acid groups (broad SMARTS) is 1. The average Bonchev–Trinajstić information content (AvgIpc) is 3.75. The molecule has 3 aromatic carbocycles. The van der Waals surface area contributed by atoms with Crippen molar-refractivity contribution in [2.24, 2.45) is 5.92 Å². The van der Waals surface area contributed by atoms with Crippen LogP contribution in [0.5, 0.6) is 0 Å². The van der Waals surface area contributed by atoms with E-state index in [0.29, 0.717) is 30.9 Å². The van der Waals surface area contributed by atoms with Crippen LogP contribution in [0, 0.1) is 5.92 Å². The Hall–Kier alpha value is -4.66. The Bertz CT molecular complexity index is 1550. The van der Waals surface area contributed by atoms with Gasteiger partial charge in [0.2, 0.25) is 11.5 Å². The van der Waals surface area contributed by atoms with Crippen LogP contribution >= 0.6 is 0 Å². The van der Waals surface area contributed by atoms with Gasteiger partial charge >= 0.3 is 12.1 Å². The lowest BCUT2D eigenvalue weighted by molar-refractivity contribution is -0.143. The number of rotatable bonds is 9. The van der Waals surface area contributed by atoms with Gasteiger partial charge in [0.1, 0.15) is 6.54 Å². The van der Waals surface area contributed by atoms with Crippen molar-refractivity contribution in [1.29, 1.82) is 0 Å². The monoisotopic (exact) mass is 567 g/mol. The topological polar surface area (TPSA) is 107 Å². The summed E-state index contributed by atoms with van der Waals surface area (Å²) in [5.74, 6) is -1.33. The molecule has 42 heavy (non-hydrogen) atoms. The molecule has 1 spiro atoms. The van der Waals surface area contributed by atoms with E-state index in [1.54, 1.807) is 29.2 Å². The fraction of sp³-hybridized carbons (Fsp3) is 0.333. The van der Waals surface area contributed by atoms with Gasteiger partial charge < -0.3 is 19.6 Å². The van der Waals surface area contributed by atoms with Gasteiger partial charge in [-0.2, -0.15) is 0 Å². The molecule has 6 rings (SSSR count). The molecule has 1 unspecified atom stereocenters. The van der Waals surface area contributed by atoms with E-state index in [0.717, 1.165) is 40.2 Å². The molecule has 9 heteroatoms. The van der Waals surface area contributed by atoms with Crippen LogP contribution < -0.4 is 4.90 Å². The molecule has 3 aromatic rings. The number of carbonyl (C=O) groups excluding carboxylic acids is 3. The highest BCUT2D eigenvalue weighted by Crippen LogP contribution is 2.46. The van der Waals surface area contributed by atoms with E-state index < -0.39 is 23.6 Å². The van der Waals surface area contributed by atoms with E-state index >= 15 is 0 Å².